The molecule has 0 saturated carbocycles. The van der Waals surface area contributed by atoms with Crippen molar-refractivity contribution in [1.82, 2.24) is 4.98 Å². The fourth-order valence-electron chi connectivity index (χ4n) is 1.35. The molecule has 7 heteroatoms. The Kier molecular flexibility index (Phi) is 3.77. The van der Waals surface area contributed by atoms with Crippen molar-refractivity contribution < 1.29 is 8.42 Å². The molecule has 0 aliphatic carbocycles. The van der Waals surface area contributed by atoms with Crippen molar-refractivity contribution in [1.29, 1.82) is 0 Å². The first-order valence-corrected chi connectivity index (χ1v) is 8.14. The minimum Gasteiger partial charge on any atom is -0.399 e. The van der Waals surface area contributed by atoms with Crippen molar-refractivity contribution in [3.8, 4) is 11.3 Å². The van der Waals surface area contributed by atoms with E-state index in [9.17, 15) is 8.42 Å². The van der Waals surface area contributed by atoms with Crippen LogP contribution in [-0.4, -0.2) is 18.7 Å². The quantitative estimate of drug-likeness (QED) is 0.849. The molecule has 5 nitrogen and oxygen atoms in total. The summed E-state index contributed by atoms with van der Waals surface area (Å²) >= 11 is 1.26. The monoisotopic (exact) mass is 297 g/mol. The van der Waals surface area contributed by atoms with Crippen LogP contribution in [-0.2, 0) is 10.0 Å². The molecule has 0 spiro atoms. The van der Waals surface area contributed by atoms with Crippen molar-refractivity contribution in [2.24, 2.45) is 0 Å². The number of hydrogen-bond acceptors (Lipinski definition) is 5. The van der Waals surface area contributed by atoms with Crippen molar-refractivity contribution in [2.75, 3.05) is 10.5 Å². The van der Waals surface area contributed by atoms with Gasteiger partial charge in [-0.15, -0.1) is 11.3 Å². The van der Waals surface area contributed by atoms with Crippen LogP contribution in [0.25, 0.3) is 11.3 Å². The molecule has 0 aliphatic rings. The lowest BCUT2D eigenvalue weighted by atomic mass is 10.2. The number of nitrogens with one attached hydrogen (secondary N) is 1. The van der Waals surface area contributed by atoms with Gasteiger partial charge in [0.2, 0.25) is 10.0 Å². The summed E-state index contributed by atoms with van der Waals surface area (Å²) in [6, 6.07) is 7.27. The molecule has 0 amide bonds. The lowest BCUT2D eigenvalue weighted by Crippen LogP contribution is -2.22. The van der Waals surface area contributed by atoms with Crippen molar-refractivity contribution in [2.45, 2.75) is 19.1 Å². The number of nitrogens with two attached hydrogens (primary N) is 1. The van der Waals surface area contributed by atoms with Crippen LogP contribution in [0.1, 0.15) is 13.8 Å². The smallest absolute Gasteiger partial charge is 0.236 e. The van der Waals surface area contributed by atoms with Crippen LogP contribution in [0, 0.1) is 0 Å². The number of anilines is 2. The van der Waals surface area contributed by atoms with E-state index < -0.39 is 15.3 Å². The van der Waals surface area contributed by atoms with Gasteiger partial charge in [-0.3, -0.25) is 4.72 Å². The molecule has 0 unspecified atom stereocenters. The summed E-state index contributed by atoms with van der Waals surface area (Å²) in [5.41, 5.74) is 7.93. The molecule has 0 radical (unpaired) electrons. The number of aromatic nitrogens is 1. The van der Waals surface area contributed by atoms with E-state index >= 15 is 0 Å². The molecule has 19 heavy (non-hydrogen) atoms. The van der Waals surface area contributed by atoms with Crippen LogP contribution in [0.2, 0.25) is 0 Å². The number of rotatable bonds is 4. The lowest BCUT2D eigenvalue weighted by Gasteiger charge is -2.07. The van der Waals surface area contributed by atoms with E-state index in [0.717, 1.165) is 11.3 Å². The van der Waals surface area contributed by atoms with Gasteiger partial charge >= 0.3 is 0 Å². The zero-order valence-corrected chi connectivity index (χ0v) is 12.3. The minimum atomic E-state index is -3.35. The predicted octanol–water partition coefficient (Wildman–Crippen LogP) is 2.54. The summed E-state index contributed by atoms with van der Waals surface area (Å²) in [4.78, 5) is 4.27. The normalized spacial score (nSPS) is 11.7. The van der Waals surface area contributed by atoms with Gasteiger partial charge in [0.05, 0.1) is 10.9 Å². The molecule has 1 aromatic heterocycles. The largest absolute Gasteiger partial charge is 0.399 e. The molecular weight excluding hydrogens is 282 g/mol. The summed E-state index contributed by atoms with van der Waals surface area (Å²) in [7, 11) is -3.35. The highest BCUT2D eigenvalue weighted by Crippen LogP contribution is 2.26. The van der Waals surface area contributed by atoms with Crippen molar-refractivity contribution in [3.63, 3.8) is 0 Å². The first-order valence-electron chi connectivity index (χ1n) is 5.71. The SMILES string of the molecule is CC(C)S(=O)(=O)Nc1nc(-c2ccc(N)cc2)cs1. The van der Waals surface area contributed by atoms with Gasteiger partial charge in [0.25, 0.3) is 0 Å². The predicted molar refractivity (Wildman–Crippen MR) is 79.6 cm³/mol. The highest BCUT2D eigenvalue weighted by molar-refractivity contribution is 7.93. The fourth-order valence-corrected chi connectivity index (χ4v) is 2.98. The third-order valence-corrected chi connectivity index (χ3v) is 5.17. The molecule has 0 fully saturated rings. The highest BCUT2D eigenvalue weighted by Gasteiger charge is 2.17. The van der Waals surface area contributed by atoms with E-state index in [-0.39, 0.29) is 0 Å². The van der Waals surface area contributed by atoms with Gasteiger partial charge in [0, 0.05) is 16.6 Å². The molecular formula is C12H15N3O2S2. The van der Waals surface area contributed by atoms with Crippen molar-refractivity contribution in [3.05, 3.63) is 29.6 Å². The fraction of sp³-hybridized carbons (Fsp3) is 0.250. The maximum absolute atomic E-state index is 11.7. The zero-order chi connectivity index (χ0) is 14.0. The van der Waals surface area contributed by atoms with E-state index in [2.05, 4.69) is 9.71 Å². The number of sulfonamides is 1. The van der Waals surface area contributed by atoms with Gasteiger partial charge < -0.3 is 5.73 Å². The minimum absolute atomic E-state index is 0.375. The van der Waals surface area contributed by atoms with Crippen LogP contribution < -0.4 is 10.5 Å². The van der Waals surface area contributed by atoms with Gasteiger partial charge in [-0.25, -0.2) is 13.4 Å². The van der Waals surface area contributed by atoms with E-state index in [1.54, 1.807) is 26.0 Å². The average molecular weight is 297 g/mol. The number of hydrogen-bond donors (Lipinski definition) is 2. The van der Waals surface area contributed by atoms with Gasteiger partial charge in [0.15, 0.2) is 5.13 Å². The second kappa shape index (κ2) is 5.18. The Morgan fingerprint density at radius 1 is 1.26 bits per heavy atom. The van der Waals surface area contributed by atoms with Crippen LogP contribution in [0.4, 0.5) is 10.8 Å². The average Bonchev–Trinajstić information content (AvgIpc) is 2.77. The van der Waals surface area contributed by atoms with E-state index in [1.807, 2.05) is 17.5 Å². The molecule has 102 valence electrons. The highest BCUT2D eigenvalue weighted by atomic mass is 32.2. The Hall–Kier alpha value is -1.60. The summed E-state index contributed by atoms with van der Waals surface area (Å²) in [5, 5.41) is 1.70. The van der Waals surface area contributed by atoms with Gasteiger partial charge in [-0.2, -0.15) is 0 Å². The maximum atomic E-state index is 11.7. The second-order valence-electron chi connectivity index (χ2n) is 4.36. The first kappa shape index (κ1) is 13.8. The van der Waals surface area contributed by atoms with E-state index in [4.69, 9.17) is 5.73 Å². The number of thiazole rings is 1. The van der Waals surface area contributed by atoms with Crippen LogP contribution in [0.5, 0.6) is 0 Å². The topological polar surface area (TPSA) is 85.1 Å². The van der Waals surface area contributed by atoms with Crippen LogP contribution in [0.3, 0.4) is 0 Å². The third kappa shape index (κ3) is 3.24. The standard InChI is InChI=1S/C12H15N3O2S2/c1-8(2)19(16,17)15-12-14-11(7-18-12)9-3-5-10(13)6-4-9/h3-8H,13H2,1-2H3,(H,14,15). The Labute approximate surface area is 116 Å². The Balaban J connectivity index is 2.22. The van der Waals surface area contributed by atoms with E-state index in [0.29, 0.717) is 10.8 Å². The molecule has 3 N–H and O–H groups in total. The Bertz CT molecular complexity index is 661. The molecule has 0 saturated heterocycles. The molecule has 0 aliphatic heterocycles. The summed E-state index contributed by atoms with van der Waals surface area (Å²) in [6.07, 6.45) is 0. The number of benzene rings is 1. The van der Waals surface area contributed by atoms with Gasteiger partial charge in [-0.05, 0) is 26.0 Å². The summed E-state index contributed by atoms with van der Waals surface area (Å²) in [5.74, 6) is 0. The van der Waals surface area contributed by atoms with Gasteiger partial charge in [-0.1, -0.05) is 12.1 Å². The second-order valence-corrected chi connectivity index (χ2v) is 7.45. The first-order chi connectivity index (χ1) is 8.88. The lowest BCUT2D eigenvalue weighted by molar-refractivity contribution is 0.593. The number of nitrogens with zero attached hydrogens (tertiary/aromatic N) is 1. The third-order valence-electron chi connectivity index (χ3n) is 2.56. The van der Waals surface area contributed by atoms with Gasteiger partial charge in [0.1, 0.15) is 0 Å². The molecule has 0 bridgehead atoms. The number of nitrogen functional groups attached to an aromatic ring is 1. The summed E-state index contributed by atoms with van der Waals surface area (Å²) in [6.45, 7) is 3.24. The molecule has 1 aromatic carbocycles. The molecule has 1 heterocycles. The Morgan fingerprint density at radius 3 is 2.47 bits per heavy atom. The zero-order valence-electron chi connectivity index (χ0n) is 10.6. The van der Waals surface area contributed by atoms with Crippen LogP contribution in [0.15, 0.2) is 29.6 Å². The Morgan fingerprint density at radius 2 is 1.89 bits per heavy atom. The van der Waals surface area contributed by atoms with Crippen molar-refractivity contribution >= 4 is 32.2 Å². The molecule has 2 rings (SSSR count). The van der Waals surface area contributed by atoms with E-state index in [1.165, 1.54) is 11.3 Å². The van der Waals surface area contributed by atoms with Crippen LogP contribution >= 0.6 is 11.3 Å². The molecule has 2 aromatic rings. The molecule has 0 atom stereocenters. The maximum Gasteiger partial charge on any atom is 0.236 e. The summed E-state index contributed by atoms with van der Waals surface area (Å²) < 4.78 is 25.9.